The summed E-state index contributed by atoms with van der Waals surface area (Å²) >= 11 is 0. The van der Waals surface area contributed by atoms with E-state index in [1.165, 1.54) is 0 Å². The number of methoxy groups -OCH3 is 2. The number of rotatable bonds is 2. The quantitative estimate of drug-likeness (QED) is 0.845. The van der Waals surface area contributed by atoms with Gasteiger partial charge in [-0.2, -0.15) is 0 Å². The first-order valence-corrected chi connectivity index (χ1v) is 7.76. The Balaban J connectivity index is 1.62. The van der Waals surface area contributed by atoms with Gasteiger partial charge in [0.2, 0.25) is 13.1 Å². The Morgan fingerprint density at radius 1 is 0.875 bits per heavy atom. The van der Waals surface area contributed by atoms with Crippen molar-refractivity contribution in [2.75, 3.05) is 21.0 Å². The van der Waals surface area contributed by atoms with E-state index in [9.17, 15) is 0 Å². The molecule has 0 fully saturated rings. The van der Waals surface area contributed by atoms with Crippen LogP contribution in [0, 0.1) is 0 Å². The van der Waals surface area contributed by atoms with Crippen molar-refractivity contribution in [1.82, 2.24) is 0 Å². The Bertz CT molecular complexity index is 817. The largest absolute Gasteiger partial charge is 0.497 e. The molecule has 0 N–H and O–H groups in total. The zero-order chi connectivity index (χ0) is 16.3. The van der Waals surface area contributed by atoms with Gasteiger partial charge in [-0.3, -0.25) is 0 Å². The lowest BCUT2D eigenvalue weighted by Crippen LogP contribution is -2.34. The summed E-state index contributed by atoms with van der Waals surface area (Å²) in [6, 6.07) is 9.59. The van der Waals surface area contributed by atoms with Crippen LogP contribution in [0.3, 0.4) is 0 Å². The van der Waals surface area contributed by atoms with E-state index in [1.807, 2.05) is 30.3 Å². The lowest BCUT2D eigenvalue weighted by Gasteiger charge is -2.34. The van der Waals surface area contributed by atoms with Crippen LogP contribution in [0.25, 0.3) is 0 Å². The van der Waals surface area contributed by atoms with Gasteiger partial charge >= 0.3 is 0 Å². The Kier molecular flexibility index (Phi) is 2.84. The van der Waals surface area contributed by atoms with Crippen molar-refractivity contribution in [3.05, 3.63) is 41.5 Å². The van der Waals surface area contributed by atoms with E-state index >= 15 is 0 Å². The molecule has 0 saturated heterocycles. The van der Waals surface area contributed by atoms with Gasteiger partial charge in [-0.25, -0.2) is 0 Å². The first-order chi connectivity index (χ1) is 11.8. The summed E-state index contributed by atoms with van der Waals surface area (Å²) in [5, 5.41) is 0. The van der Waals surface area contributed by atoms with E-state index < -0.39 is 6.29 Å². The van der Waals surface area contributed by atoms with Crippen molar-refractivity contribution in [3.63, 3.8) is 0 Å². The Labute approximate surface area is 138 Å². The van der Waals surface area contributed by atoms with Crippen LogP contribution >= 0.6 is 0 Å². The molecule has 0 saturated carbocycles. The second-order valence-electron chi connectivity index (χ2n) is 5.93. The molecule has 6 heteroatoms. The van der Waals surface area contributed by atoms with Gasteiger partial charge in [-0.1, -0.05) is 0 Å². The highest BCUT2D eigenvalue weighted by molar-refractivity contribution is 5.58. The summed E-state index contributed by atoms with van der Waals surface area (Å²) in [5.74, 6) is 3.60. The average molecular weight is 328 g/mol. The second kappa shape index (κ2) is 4.95. The molecular formula is C18H16O6. The Hall–Kier alpha value is -2.60. The van der Waals surface area contributed by atoms with Crippen molar-refractivity contribution in [1.29, 1.82) is 0 Å². The highest BCUT2D eigenvalue weighted by Gasteiger charge is 2.47. The molecule has 0 spiro atoms. The summed E-state index contributed by atoms with van der Waals surface area (Å²) in [5.41, 5.74) is 1.99. The first-order valence-electron chi connectivity index (χ1n) is 7.76. The third kappa shape index (κ3) is 1.80. The van der Waals surface area contributed by atoms with Crippen LogP contribution < -0.4 is 23.7 Å². The summed E-state index contributed by atoms with van der Waals surface area (Å²) in [6.45, 7) is 0.235. The van der Waals surface area contributed by atoms with Crippen molar-refractivity contribution < 1.29 is 28.4 Å². The van der Waals surface area contributed by atoms with Crippen LogP contribution in [0.2, 0.25) is 0 Å². The van der Waals surface area contributed by atoms with E-state index in [2.05, 4.69) is 0 Å². The standard InChI is InChI=1S/C18H16O6/c1-19-9-3-4-10-12(5-9)24-18(20-2)16-11-6-14-15(22-8-21-14)7-13(11)23-17(10)16/h3-7,16-18H,8H2,1-2H3/t16-,17-,18-/m0/s1. The van der Waals surface area contributed by atoms with E-state index in [1.54, 1.807) is 14.2 Å². The molecule has 0 radical (unpaired) electrons. The van der Waals surface area contributed by atoms with Crippen LogP contribution in [-0.4, -0.2) is 27.3 Å². The van der Waals surface area contributed by atoms with Crippen LogP contribution in [-0.2, 0) is 4.74 Å². The Morgan fingerprint density at radius 2 is 1.67 bits per heavy atom. The zero-order valence-corrected chi connectivity index (χ0v) is 13.3. The predicted octanol–water partition coefficient (Wildman–Crippen LogP) is 3.01. The normalized spacial score (nSPS) is 25.2. The highest BCUT2D eigenvalue weighted by Crippen LogP contribution is 2.56. The molecule has 3 heterocycles. The predicted molar refractivity (Wildman–Crippen MR) is 83.1 cm³/mol. The molecule has 2 aromatic carbocycles. The summed E-state index contributed by atoms with van der Waals surface area (Å²) in [6.07, 6.45) is -0.627. The molecule has 6 nitrogen and oxygen atoms in total. The molecule has 124 valence electrons. The van der Waals surface area contributed by atoms with E-state index in [-0.39, 0.29) is 18.8 Å². The van der Waals surface area contributed by atoms with Crippen LogP contribution in [0.4, 0.5) is 0 Å². The molecule has 0 unspecified atom stereocenters. The topological polar surface area (TPSA) is 55.4 Å². The minimum Gasteiger partial charge on any atom is -0.497 e. The molecule has 0 bridgehead atoms. The van der Waals surface area contributed by atoms with Crippen molar-refractivity contribution in [2.24, 2.45) is 0 Å². The molecule has 0 aliphatic carbocycles. The van der Waals surface area contributed by atoms with Gasteiger partial charge < -0.3 is 28.4 Å². The molecule has 0 aromatic heterocycles. The fraction of sp³-hybridized carbons (Fsp3) is 0.333. The van der Waals surface area contributed by atoms with Gasteiger partial charge in [0.25, 0.3) is 0 Å². The molecule has 24 heavy (non-hydrogen) atoms. The Morgan fingerprint density at radius 3 is 2.46 bits per heavy atom. The highest BCUT2D eigenvalue weighted by atomic mass is 16.7. The number of hydrogen-bond acceptors (Lipinski definition) is 6. The molecule has 3 atom stereocenters. The summed E-state index contributed by atoms with van der Waals surface area (Å²) in [4.78, 5) is 0. The van der Waals surface area contributed by atoms with E-state index in [0.717, 1.165) is 34.1 Å². The maximum atomic E-state index is 6.23. The maximum absolute atomic E-state index is 6.23. The van der Waals surface area contributed by atoms with Crippen molar-refractivity contribution >= 4 is 0 Å². The molecule has 0 amide bonds. The fourth-order valence-electron chi connectivity index (χ4n) is 3.59. The van der Waals surface area contributed by atoms with Crippen molar-refractivity contribution in [3.8, 4) is 28.7 Å². The monoisotopic (exact) mass is 328 g/mol. The average Bonchev–Trinajstić information content (AvgIpc) is 3.22. The number of ether oxygens (including phenoxy) is 6. The molecule has 3 aliphatic heterocycles. The van der Waals surface area contributed by atoms with Crippen LogP contribution in [0.1, 0.15) is 23.1 Å². The van der Waals surface area contributed by atoms with E-state index in [0.29, 0.717) is 5.75 Å². The lowest BCUT2D eigenvalue weighted by molar-refractivity contribution is -0.0994. The SMILES string of the molecule is COc1ccc2c(c1)O[C@H](OC)[C@H]1c3cc4c(cc3O[C@@H]21)OCO4. The summed E-state index contributed by atoms with van der Waals surface area (Å²) < 4.78 is 34.1. The summed E-state index contributed by atoms with van der Waals surface area (Å²) in [7, 11) is 3.27. The van der Waals surface area contributed by atoms with Crippen LogP contribution in [0.15, 0.2) is 30.3 Å². The number of benzene rings is 2. The first kappa shape index (κ1) is 13.8. The van der Waals surface area contributed by atoms with Crippen LogP contribution in [0.5, 0.6) is 28.7 Å². The van der Waals surface area contributed by atoms with Gasteiger partial charge in [0.15, 0.2) is 11.5 Å². The lowest BCUT2D eigenvalue weighted by atomic mass is 9.88. The smallest absolute Gasteiger partial charge is 0.231 e. The zero-order valence-electron chi connectivity index (χ0n) is 13.3. The third-order valence-corrected chi connectivity index (χ3v) is 4.74. The second-order valence-corrected chi connectivity index (χ2v) is 5.93. The van der Waals surface area contributed by atoms with E-state index in [4.69, 9.17) is 28.4 Å². The molecule has 2 aromatic rings. The molecule has 5 rings (SSSR count). The third-order valence-electron chi connectivity index (χ3n) is 4.74. The van der Waals surface area contributed by atoms with Gasteiger partial charge in [0.05, 0.1) is 13.0 Å². The maximum Gasteiger partial charge on any atom is 0.231 e. The minimum absolute atomic E-state index is 0.0691. The minimum atomic E-state index is -0.448. The number of fused-ring (bicyclic) bond motifs is 6. The number of hydrogen-bond donors (Lipinski definition) is 0. The van der Waals surface area contributed by atoms with Gasteiger partial charge in [-0.05, 0) is 18.2 Å². The fourth-order valence-corrected chi connectivity index (χ4v) is 3.59. The van der Waals surface area contributed by atoms with Gasteiger partial charge in [0.1, 0.15) is 23.4 Å². The van der Waals surface area contributed by atoms with Crippen molar-refractivity contribution in [2.45, 2.75) is 18.3 Å². The molecule has 3 aliphatic rings. The van der Waals surface area contributed by atoms with Gasteiger partial charge in [0, 0.05) is 30.4 Å². The molecular weight excluding hydrogens is 312 g/mol. The van der Waals surface area contributed by atoms with Gasteiger partial charge in [-0.15, -0.1) is 0 Å².